The standard InChI is InChI=1S/C22H31N7O2S/c1-15-24-21-23-9-3-2-5-16-6-4-10-29(14-16)19-13-17(28-32-12-11-30)7-8-18(19)20(31)26-22(25-15)27-21/h7-8,13,16,28,30H,2-6,9-12,14H2,1H3,(H2,23,24,25,26,27,31). The lowest BCUT2D eigenvalue weighted by Gasteiger charge is -2.35. The van der Waals surface area contributed by atoms with E-state index in [4.69, 9.17) is 5.11 Å². The molecule has 0 radical (unpaired) electrons. The van der Waals surface area contributed by atoms with E-state index < -0.39 is 0 Å². The molecule has 32 heavy (non-hydrogen) atoms. The van der Waals surface area contributed by atoms with Gasteiger partial charge in [0.25, 0.3) is 5.91 Å². The van der Waals surface area contributed by atoms with Crippen molar-refractivity contribution in [2.24, 2.45) is 5.92 Å². The van der Waals surface area contributed by atoms with E-state index >= 15 is 0 Å². The summed E-state index contributed by atoms with van der Waals surface area (Å²) in [5, 5.41) is 15.2. The van der Waals surface area contributed by atoms with Crippen LogP contribution in [0.25, 0.3) is 0 Å². The molecule has 9 nitrogen and oxygen atoms in total. The fourth-order valence-corrected chi connectivity index (χ4v) is 4.78. The number of benzene rings is 1. The van der Waals surface area contributed by atoms with Gasteiger partial charge in [0.1, 0.15) is 5.82 Å². The van der Waals surface area contributed by atoms with Gasteiger partial charge in [0, 0.05) is 31.1 Å². The van der Waals surface area contributed by atoms with Crippen LogP contribution in [-0.4, -0.2) is 58.0 Å². The minimum absolute atomic E-state index is 0.112. The number of carbonyl (C=O) groups excluding carboxylic acids is 1. The molecule has 1 saturated heterocycles. The van der Waals surface area contributed by atoms with E-state index in [1.165, 1.54) is 24.8 Å². The molecule has 0 aliphatic carbocycles. The first kappa shape index (κ1) is 22.6. The third kappa shape index (κ3) is 5.80. The van der Waals surface area contributed by atoms with Gasteiger partial charge < -0.3 is 20.0 Å². The summed E-state index contributed by atoms with van der Waals surface area (Å²) in [6, 6.07) is 5.77. The van der Waals surface area contributed by atoms with Gasteiger partial charge in [-0.25, -0.2) is 0 Å². The SMILES string of the molecule is Cc1nc2nc(n1)NC(=O)c1ccc(NSCCO)cc1N1CCCC(CCCCN2)C1. The highest BCUT2D eigenvalue weighted by Crippen LogP contribution is 2.32. The molecule has 1 atom stereocenters. The zero-order valence-corrected chi connectivity index (χ0v) is 19.2. The number of aromatic nitrogens is 3. The van der Waals surface area contributed by atoms with Gasteiger partial charge in [-0.2, -0.15) is 15.0 Å². The fourth-order valence-electron chi connectivity index (χ4n) is 4.29. The molecule has 1 fully saturated rings. The van der Waals surface area contributed by atoms with Crippen molar-refractivity contribution in [3.63, 3.8) is 0 Å². The van der Waals surface area contributed by atoms with E-state index in [1.54, 1.807) is 6.92 Å². The van der Waals surface area contributed by atoms with Gasteiger partial charge in [-0.05, 0) is 56.7 Å². The number of aliphatic hydroxyl groups is 1. The predicted octanol–water partition coefficient (Wildman–Crippen LogP) is 3.30. The number of carbonyl (C=O) groups is 1. The van der Waals surface area contributed by atoms with Crippen molar-refractivity contribution >= 4 is 41.1 Å². The number of amides is 1. The summed E-state index contributed by atoms with van der Waals surface area (Å²) < 4.78 is 3.27. The van der Waals surface area contributed by atoms with Crippen LogP contribution in [0.2, 0.25) is 0 Å². The smallest absolute Gasteiger partial charge is 0.260 e. The lowest BCUT2D eigenvalue weighted by molar-refractivity contribution is 0.102. The van der Waals surface area contributed by atoms with Crippen molar-refractivity contribution in [1.29, 1.82) is 0 Å². The highest BCUT2D eigenvalue weighted by atomic mass is 32.2. The third-order valence-corrected chi connectivity index (χ3v) is 6.55. The molecule has 4 N–H and O–H groups in total. The lowest BCUT2D eigenvalue weighted by Crippen LogP contribution is -2.36. The van der Waals surface area contributed by atoms with Crippen molar-refractivity contribution in [3.8, 4) is 0 Å². The van der Waals surface area contributed by atoms with E-state index in [0.29, 0.717) is 29.0 Å². The zero-order chi connectivity index (χ0) is 22.3. The molecule has 0 spiro atoms. The number of aryl methyl sites for hydroxylation is 1. The van der Waals surface area contributed by atoms with E-state index in [1.807, 2.05) is 18.2 Å². The molecular formula is C22H31N7O2S. The van der Waals surface area contributed by atoms with Crippen molar-refractivity contribution in [3.05, 3.63) is 29.6 Å². The number of nitrogens with zero attached hydrogens (tertiary/aromatic N) is 4. The Kier molecular flexibility index (Phi) is 7.64. The second-order valence-corrected chi connectivity index (χ2v) is 9.17. The summed E-state index contributed by atoms with van der Waals surface area (Å²) in [6.45, 7) is 4.59. The summed E-state index contributed by atoms with van der Waals surface area (Å²) in [5.41, 5.74) is 2.43. The molecule has 1 amide bonds. The van der Waals surface area contributed by atoms with Gasteiger partial charge >= 0.3 is 0 Å². The minimum Gasteiger partial charge on any atom is -0.395 e. The van der Waals surface area contributed by atoms with Crippen molar-refractivity contribution in [2.45, 2.75) is 39.0 Å². The summed E-state index contributed by atoms with van der Waals surface area (Å²) in [6.07, 6.45) is 5.71. The topological polar surface area (TPSA) is 115 Å². The number of rotatable bonds is 4. The molecule has 172 valence electrons. The highest BCUT2D eigenvalue weighted by Gasteiger charge is 2.25. The highest BCUT2D eigenvalue weighted by molar-refractivity contribution is 8.00. The maximum Gasteiger partial charge on any atom is 0.260 e. The molecule has 1 unspecified atom stereocenters. The molecule has 3 heterocycles. The molecule has 0 saturated carbocycles. The number of nitrogens with one attached hydrogen (secondary N) is 3. The molecule has 2 aliphatic heterocycles. The van der Waals surface area contributed by atoms with E-state index in [9.17, 15) is 4.79 Å². The van der Waals surface area contributed by atoms with Gasteiger partial charge in [0.15, 0.2) is 0 Å². The van der Waals surface area contributed by atoms with Crippen LogP contribution in [0.1, 0.15) is 48.3 Å². The average Bonchev–Trinajstić information content (AvgIpc) is 2.78. The van der Waals surface area contributed by atoms with E-state index in [2.05, 4.69) is 35.2 Å². The van der Waals surface area contributed by atoms with Crippen LogP contribution < -0.4 is 20.3 Å². The molecule has 4 rings (SSSR count). The van der Waals surface area contributed by atoms with E-state index in [-0.39, 0.29) is 18.5 Å². The number of anilines is 4. The Hall–Kier alpha value is -2.59. The molecule has 1 aromatic heterocycles. The number of piperidine rings is 1. The minimum atomic E-state index is -0.233. The van der Waals surface area contributed by atoms with Crippen LogP contribution in [-0.2, 0) is 0 Å². The van der Waals surface area contributed by atoms with Gasteiger partial charge in [0.05, 0.1) is 17.9 Å². The quantitative estimate of drug-likeness (QED) is 0.405. The van der Waals surface area contributed by atoms with Crippen LogP contribution in [0.5, 0.6) is 0 Å². The Morgan fingerprint density at radius 3 is 2.91 bits per heavy atom. The Bertz CT molecular complexity index is 942. The maximum atomic E-state index is 13.3. The molecule has 10 heteroatoms. The Balaban J connectivity index is 1.67. The van der Waals surface area contributed by atoms with Crippen LogP contribution >= 0.6 is 11.9 Å². The second kappa shape index (κ2) is 10.8. The van der Waals surface area contributed by atoms with Crippen molar-refractivity contribution < 1.29 is 9.90 Å². The summed E-state index contributed by atoms with van der Waals surface area (Å²) in [4.78, 5) is 28.6. The molecular weight excluding hydrogens is 426 g/mol. The average molecular weight is 458 g/mol. The number of hydrogen-bond donors (Lipinski definition) is 4. The first-order chi connectivity index (χ1) is 15.6. The Morgan fingerprint density at radius 1 is 1.19 bits per heavy atom. The fraction of sp³-hybridized carbons (Fsp3) is 0.545. The first-order valence-electron chi connectivity index (χ1n) is 11.3. The lowest BCUT2D eigenvalue weighted by atomic mass is 9.92. The maximum absolute atomic E-state index is 13.3. The van der Waals surface area contributed by atoms with Crippen molar-refractivity contribution in [1.82, 2.24) is 15.0 Å². The van der Waals surface area contributed by atoms with Crippen LogP contribution in [0.15, 0.2) is 18.2 Å². The van der Waals surface area contributed by atoms with Gasteiger partial charge in [-0.3, -0.25) is 10.1 Å². The largest absolute Gasteiger partial charge is 0.395 e. The zero-order valence-electron chi connectivity index (χ0n) is 18.4. The summed E-state index contributed by atoms with van der Waals surface area (Å²) >= 11 is 1.45. The molecule has 2 aromatic rings. The molecule has 4 bridgehead atoms. The normalized spacial score (nSPS) is 19.1. The van der Waals surface area contributed by atoms with E-state index in [0.717, 1.165) is 50.3 Å². The Morgan fingerprint density at radius 2 is 2.03 bits per heavy atom. The van der Waals surface area contributed by atoms with Crippen LogP contribution in [0.3, 0.4) is 0 Å². The number of hydrogen-bond acceptors (Lipinski definition) is 9. The van der Waals surface area contributed by atoms with Crippen molar-refractivity contribution in [2.75, 3.05) is 52.2 Å². The Labute approximate surface area is 193 Å². The van der Waals surface area contributed by atoms with Gasteiger partial charge in [0.2, 0.25) is 11.9 Å². The van der Waals surface area contributed by atoms with Crippen LogP contribution in [0, 0.1) is 12.8 Å². The number of aliphatic hydroxyl groups excluding tert-OH is 1. The molecule has 2 aliphatic rings. The monoisotopic (exact) mass is 457 g/mol. The predicted molar refractivity (Wildman–Crippen MR) is 129 cm³/mol. The summed E-state index contributed by atoms with van der Waals surface area (Å²) in [7, 11) is 0. The van der Waals surface area contributed by atoms with Crippen LogP contribution in [0.4, 0.5) is 23.3 Å². The third-order valence-electron chi connectivity index (χ3n) is 5.78. The van der Waals surface area contributed by atoms with Gasteiger partial charge in [-0.15, -0.1) is 0 Å². The second-order valence-electron chi connectivity index (χ2n) is 8.27. The summed E-state index contributed by atoms with van der Waals surface area (Å²) in [5.74, 6) is 2.28. The van der Waals surface area contributed by atoms with Gasteiger partial charge in [-0.1, -0.05) is 18.4 Å². The molecule has 1 aromatic carbocycles. The number of fused-ring (bicyclic) bond motifs is 6. The first-order valence-corrected chi connectivity index (χ1v) is 12.3.